The molecule has 1 amide bonds. The van der Waals surface area contributed by atoms with Gasteiger partial charge in [0.15, 0.2) is 0 Å². The van der Waals surface area contributed by atoms with Crippen molar-refractivity contribution in [1.29, 1.82) is 0 Å². The normalized spacial score (nSPS) is 14.2. The number of aromatic nitrogens is 4. The zero-order valence-corrected chi connectivity index (χ0v) is 20.9. The van der Waals surface area contributed by atoms with Crippen molar-refractivity contribution < 1.29 is 18.8 Å². The van der Waals surface area contributed by atoms with Crippen LogP contribution in [-0.4, -0.2) is 49.4 Å². The standard InChI is InChI=1S/C24H28N6O4S/c1-5-34-21-14-25-13-18(27-21)15-6-9-17(19(12-15)33-4)28-22(31)24(2,3)20-10-11-26-23(29-20)30-35(32)16-7-8-16/h6,9-14,16H,5,7-8H2,1-4H3,(H,28,31)(H,26,29,30). The maximum atomic E-state index is 13.3. The monoisotopic (exact) mass is 496 g/mol. The lowest BCUT2D eigenvalue weighted by Crippen LogP contribution is -2.36. The third-order valence-corrected chi connectivity index (χ3v) is 6.99. The molecule has 10 nitrogen and oxygen atoms in total. The Balaban J connectivity index is 1.52. The maximum absolute atomic E-state index is 13.3. The van der Waals surface area contributed by atoms with Crippen LogP contribution in [0.3, 0.4) is 0 Å². The van der Waals surface area contributed by atoms with Crippen LogP contribution in [0.5, 0.6) is 11.6 Å². The summed E-state index contributed by atoms with van der Waals surface area (Å²) in [7, 11) is 1.53. The number of carbonyl (C=O) groups is 1. The first-order chi connectivity index (χ1) is 16.8. The SMILES string of the molecule is CCOc1cncc(-c2ccc(NC(=O)C(C)(C)c3ccnc(N[S+]([O-])C4CC4)n3)c(OC)c2)n1. The van der Waals surface area contributed by atoms with Crippen molar-refractivity contribution >= 4 is 28.9 Å². The van der Waals surface area contributed by atoms with E-state index in [4.69, 9.17) is 9.47 Å². The molecule has 2 aromatic heterocycles. The molecule has 1 saturated carbocycles. The minimum atomic E-state index is -1.22. The molecule has 1 aromatic carbocycles. The number of benzene rings is 1. The first-order valence-corrected chi connectivity index (χ1v) is 12.5. The van der Waals surface area contributed by atoms with Crippen LogP contribution >= 0.6 is 0 Å². The zero-order valence-electron chi connectivity index (χ0n) is 20.1. The Morgan fingerprint density at radius 1 is 1.23 bits per heavy atom. The quantitative estimate of drug-likeness (QED) is 0.404. The first kappa shape index (κ1) is 24.7. The number of nitrogens with zero attached hydrogens (tertiary/aromatic N) is 4. The summed E-state index contributed by atoms with van der Waals surface area (Å²) < 4.78 is 26.0. The second-order valence-corrected chi connectivity index (χ2v) is 10.00. The number of carbonyl (C=O) groups excluding carboxylic acids is 1. The van der Waals surface area contributed by atoms with Gasteiger partial charge in [0.05, 0.1) is 60.0 Å². The van der Waals surface area contributed by atoms with Gasteiger partial charge in [0, 0.05) is 24.6 Å². The van der Waals surface area contributed by atoms with Crippen LogP contribution in [0.15, 0.2) is 42.9 Å². The van der Waals surface area contributed by atoms with Gasteiger partial charge in [-0.05, 0) is 39.0 Å². The molecule has 1 atom stereocenters. The lowest BCUT2D eigenvalue weighted by Gasteiger charge is -2.24. The Hall–Kier alpha value is -3.44. The molecule has 1 aliphatic rings. The zero-order chi connectivity index (χ0) is 25.0. The number of amides is 1. The number of hydrogen-bond acceptors (Lipinski definition) is 9. The van der Waals surface area contributed by atoms with Gasteiger partial charge in [-0.1, -0.05) is 6.07 Å². The van der Waals surface area contributed by atoms with E-state index in [1.165, 1.54) is 7.11 Å². The molecule has 4 rings (SSSR count). The van der Waals surface area contributed by atoms with E-state index in [9.17, 15) is 9.35 Å². The highest BCUT2D eigenvalue weighted by atomic mass is 32.2. The Kier molecular flexibility index (Phi) is 7.37. The molecular weight excluding hydrogens is 468 g/mol. The molecule has 1 fully saturated rings. The average molecular weight is 497 g/mol. The van der Waals surface area contributed by atoms with Gasteiger partial charge in [-0.25, -0.2) is 15.0 Å². The van der Waals surface area contributed by atoms with E-state index in [0.717, 1.165) is 18.4 Å². The van der Waals surface area contributed by atoms with E-state index in [2.05, 4.69) is 30.0 Å². The second kappa shape index (κ2) is 10.4. The highest BCUT2D eigenvalue weighted by Crippen LogP contribution is 2.33. The minimum absolute atomic E-state index is 0.140. The van der Waals surface area contributed by atoms with Gasteiger partial charge in [-0.3, -0.25) is 9.78 Å². The molecular formula is C24H28N6O4S. The minimum Gasteiger partial charge on any atom is -0.593 e. The van der Waals surface area contributed by atoms with Crippen LogP contribution in [0.4, 0.5) is 11.6 Å². The molecule has 0 bridgehead atoms. The van der Waals surface area contributed by atoms with Crippen molar-refractivity contribution in [1.82, 2.24) is 19.9 Å². The van der Waals surface area contributed by atoms with Gasteiger partial charge in [-0.2, -0.15) is 4.72 Å². The Labute approximate surface area is 207 Å². The summed E-state index contributed by atoms with van der Waals surface area (Å²) in [5, 5.41) is 3.07. The van der Waals surface area contributed by atoms with E-state index < -0.39 is 16.8 Å². The van der Waals surface area contributed by atoms with Crippen LogP contribution in [0.25, 0.3) is 11.3 Å². The predicted molar refractivity (Wildman–Crippen MR) is 134 cm³/mol. The highest BCUT2D eigenvalue weighted by molar-refractivity contribution is 7.93. The molecule has 184 valence electrons. The summed E-state index contributed by atoms with van der Waals surface area (Å²) in [5.74, 6) is 0.864. The van der Waals surface area contributed by atoms with E-state index in [-0.39, 0.29) is 17.1 Å². The molecule has 0 aliphatic heterocycles. The Morgan fingerprint density at radius 3 is 2.74 bits per heavy atom. The van der Waals surface area contributed by atoms with Gasteiger partial charge in [-0.15, -0.1) is 0 Å². The molecule has 2 heterocycles. The molecule has 0 radical (unpaired) electrons. The van der Waals surface area contributed by atoms with Crippen LogP contribution < -0.4 is 19.5 Å². The van der Waals surface area contributed by atoms with Crippen LogP contribution in [0, 0.1) is 0 Å². The molecule has 1 unspecified atom stereocenters. The number of hydrogen-bond donors (Lipinski definition) is 2. The fraction of sp³-hybridized carbons (Fsp3) is 0.375. The van der Waals surface area contributed by atoms with E-state index >= 15 is 0 Å². The number of anilines is 2. The summed E-state index contributed by atoms with van der Waals surface area (Å²) in [5.41, 5.74) is 1.39. The molecule has 11 heteroatoms. The molecule has 2 N–H and O–H groups in total. The Morgan fingerprint density at radius 2 is 2.03 bits per heavy atom. The predicted octanol–water partition coefficient (Wildman–Crippen LogP) is 3.50. The van der Waals surface area contributed by atoms with Crippen molar-refractivity contribution in [2.45, 2.75) is 44.3 Å². The molecule has 0 saturated heterocycles. The summed E-state index contributed by atoms with van der Waals surface area (Å²) in [4.78, 5) is 30.5. The summed E-state index contributed by atoms with van der Waals surface area (Å²) >= 11 is -1.22. The van der Waals surface area contributed by atoms with Gasteiger partial charge < -0.3 is 19.3 Å². The first-order valence-electron chi connectivity index (χ1n) is 11.3. The number of methoxy groups -OCH3 is 1. The van der Waals surface area contributed by atoms with Crippen molar-refractivity contribution in [3.05, 3.63) is 48.5 Å². The van der Waals surface area contributed by atoms with Crippen LogP contribution in [0.2, 0.25) is 0 Å². The largest absolute Gasteiger partial charge is 0.593 e. The molecule has 35 heavy (non-hydrogen) atoms. The third-order valence-electron chi connectivity index (χ3n) is 5.53. The van der Waals surface area contributed by atoms with E-state index in [1.54, 1.807) is 50.6 Å². The fourth-order valence-corrected chi connectivity index (χ4v) is 4.27. The Bertz CT molecular complexity index is 1200. The van der Waals surface area contributed by atoms with Gasteiger partial charge in [0.2, 0.25) is 11.8 Å². The van der Waals surface area contributed by atoms with Gasteiger partial charge in [0.25, 0.3) is 5.95 Å². The second-order valence-electron chi connectivity index (χ2n) is 8.53. The lowest BCUT2D eigenvalue weighted by atomic mass is 9.88. The highest BCUT2D eigenvalue weighted by Gasteiger charge is 2.36. The fourth-order valence-electron chi connectivity index (χ4n) is 3.26. The smallest absolute Gasteiger partial charge is 0.265 e. The van der Waals surface area contributed by atoms with Gasteiger partial charge >= 0.3 is 0 Å². The topological polar surface area (TPSA) is 134 Å². The third kappa shape index (κ3) is 5.80. The van der Waals surface area contributed by atoms with E-state index in [1.807, 2.05) is 13.0 Å². The summed E-state index contributed by atoms with van der Waals surface area (Å²) in [6, 6.07) is 7.03. The van der Waals surface area contributed by atoms with Crippen molar-refractivity contribution in [3.8, 4) is 22.9 Å². The van der Waals surface area contributed by atoms with Crippen molar-refractivity contribution in [3.63, 3.8) is 0 Å². The van der Waals surface area contributed by atoms with E-state index in [0.29, 0.717) is 35.3 Å². The van der Waals surface area contributed by atoms with Crippen molar-refractivity contribution in [2.75, 3.05) is 23.8 Å². The number of nitrogens with one attached hydrogen (secondary N) is 2. The van der Waals surface area contributed by atoms with Crippen LogP contribution in [-0.2, 0) is 21.6 Å². The van der Waals surface area contributed by atoms with Crippen molar-refractivity contribution in [2.24, 2.45) is 0 Å². The van der Waals surface area contributed by atoms with Gasteiger partial charge in [0.1, 0.15) is 11.0 Å². The summed E-state index contributed by atoms with van der Waals surface area (Å²) in [6.07, 6.45) is 6.60. The molecule has 1 aliphatic carbocycles. The average Bonchev–Trinajstić information content (AvgIpc) is 3.70. The maximum Gasteiger partial charge on any atom is 0.265 e. The lowest BCUT2D eigenvalue weighted by molar-refractivity contribution is -0.120. The molecule has 0 spiro atoms. The summed E-state index contributed by atoms with van der Waals surface area (Å²) in [6.45, 7) is 5.90. The number of rotatable bonds is 10. The van der Waals surface area contributed by atoms with Crippen LogP contribution in [0.1, 0.15) is 39.3 Å². The molecule has 3 aromatic rings. The number of ether oxygens (including phenoxy) is 2.